The normalized spacial score (nSPS) is 10.8. The van der Waals surface area contributed by atoms with Crippen molar-refractivity contribution in [3.05, 3.63) is 39.7 Å². The van der Waals surface area contributed by atoms with Crippen molar-refractivity contribution in [2.24, 2.45) is 0 Å². The number of benzene rings is 1. The Bertz CT molecular complexity index is 715. The van der Waals surface area contributed by atoms with E-state index in [2.05, 4.69) is 0 Å². The molecule has 0 aliphatic rings. The van der Waals surface area contributed by atoms with Crippen LogP contribution in [0.2, 0.25) is 0 Å². The molecule has 0 spiro atoms. The number of carboxylic acid groups (broad SMARTS) is 1. The van der Waals surface area contributed by atoms with E-state index in [9.17, 15) is 14.7 Å². The molecule has 5 nitrogen and oxygen atoms in total. The van der Waals surface area contributed by atoms with Crippen LogP contribution in [0.3, 0.4) is 0 Å². The van der Waals surface area contributed by atoms with E-state index in [1.165, 1.54) is 4.57 Å². The number of aromatic carboxylic acids is 1. The molecule has 19 heavy (non-hydrogen) atoms. The Morgan fingerprint density at radius 3 is 2.53 bits per heavy atom. The number of pyridine rings is 1. The van der Waals surface area contributed by atoms with Crippen LogP contribution < -0.4 is 5.56 Å². The average molecular weight is 261 g/mol. The second-order valence-electron chi connectivity index (χ2n) is 4.24. The topological polar surface area (TPSA) is 79.5 Å². The third-order valence-corrected chi connectivity index (χ3v) is 3.26. The van der Waals surface area contributed by atoms with Crippen LogP contribution in [-0.2, 0) is 13.0 Å². The summed E-state index contributed by atoms with van der Waals surface area (Å²) < 4.78 is 1.37. The van der Waals surface area contributed by atoms with Gasteiger partial charge in [-0.15, -0.1) is 0 Å². The van der Waals surface area contributed by atoms with Gasteiger partial charge >= 0.3 is 5.97 Å². The minimum atomic E-state index is -1.41. The quantitative estimate of drug-likeness (QED) is 0.885. The Hall–Kier alpha value is -2.30. The van der Waals surface area contributed by atoms with Crippen LogP contribution in [0.25, 0.3) is 10.9 Å². The van der Waals surface area contributed by atoms with Gasteiger partial charge in [-0.3, -0.25) is 4.79 Å². The molecule has 0 unspecified atom stereocenters. The Morgan fingerprint density at radius 2 is 2.00 bits per heavy atom. The molecular weight excluding hydrogens is 246 g/mol. The predicted octanol–water partition coefficient (Wildman–Crippen LogP) is 1.99. The van der Waals surface area contributed by atoms with Gasteiger partial charge < -0.3 is 14.8 Å². The van der Waals surface area contributed by atoms with Gasteiger partial charge in [-0.2, -0.15) is 0 Å². The van der Waals surface area contributed by atoms with Crippen molar-refractivity contribution in [3.63, 3.8) is 0 Å². The Balaban J connectivity index is 3.09. The van der Waals surface area contributed by atoms with Crippen molar-refractivity contribution in [1.82, 2.24) is 4.57 Å². The van der Waals surface area contributed by atoms with Gasteiger partial charge in [0.25, 0.3) is 5.56 Å². The summed E-state index contributed by atoms with van der Waals surface area (Å²) in [5, 5.41) is 19.7. The van der Waals surface area contributed by atoms with E-state index >= 15 is 0 Å². The van der Waals surface area contributed by atoms with Crippen LogP contribution in [0.15, 0.2) is 23.0 Å². The number of hydrogen-bond acceptors (Lipinski definition) is 3. The second-order valence-corrected chi connectivity index (χ2v) is 4.24. The maximum absolute atomic E-state index is 12.1. The van der Waals surface area contributed by atoms with E-state index in [0.29, 0.717) is 23.9 Å². The Labute approximate surface area is 109 Å². The summed E-state index contributed by atoms with van der Waals surface area (Å²) in [4.78, 5) is 23.3. The fraction of sp³-hybridized carbons (Fsp3) is 0.286. The molecule has 1 heterocycles. The second kappa shape index (κ2) is 4.76. The molecule has 0 saturated heterocycles. The number of aryl methyl sites for hydroxylation is 2. The third kappa shape index (κ3) is 1.87. The zero-order valence-electron chi connectivity index (χ0n) is 10.8. The van der Waals surface area contributed by atoms with Crippen LogP contribution in [0, 0.1) is 0 Å². The first kappa shape index (κ1) is 13.1. The van der Waals surface area contributed by atoms with Crippen LogP contribution in [0.5, 0.6) is 5.75 Å². The summed E-state index contributed by atoms with van der Waals surface area (Å²) in [7, 11) is 0. The largest absolute Gasteiger partial charge is 0.506 e. The number of rotatable bonds is 3. The number of nitrogens with zero attached hydrogens (tertiary/aromatic N) is 1. The zero-order chi connectivity index (χ0) is 14.2. The lowest BCUT2D eigenvalue weighted by atomic mass is 10.0. The van der Waals surface area contributed by atoms with Crippen molar-refractivity contribution in [1.29, 1.82) is 0 Å². The van der Waals surface area contributed by atoms with Crippen LogP contribution in [0.1, 0.15) is 29.8 Å². The molecule has 0 radical (unpaired) electrons. The lowest BCUT2D eigenvalue weighted by molar-refractivity contribution is 0.0691. The smallest absolute Gasteiger partial charge is 0.345 e. The minimum Gasteiger partial charge on any atom is -0.506 e. The molecule has 0 atom stereocenters. The first-order chi connectivity index (χ1) is 9.02. The maximum atomic E-state index is 12.1. The SMILES string of the molecule is CCc1cccc2c1c(O)c(C(=O)O)c(=O)n2CC. The standard InChI is InChI=1S/C14H15NO4/c1-3-8-6-5-7-9-10(8)12(16)11(14(18)19)13(17)15(9)4-2/h5-7,16H,3-4H2,1-2H3,(H,18,19). The van der Waals surface area contributed by atoms with Crippen molar-refractivity contribution in [2.75, 3.05) is 0 Å². The monoisotopic (exact) mass is 261 g/mol. The van der Waals surface area contributed by atoms with Gasteiger partial charge in [0, 0.05) is 11.9 Å². The van der Waals surface area contributed by atoms with E-state index in [0.717, 1.165) is 5.56 Å². The van der Waals surface area contributed by atoms with E-state index in [1.54, 1.807) is 19.1 Å². The highest BCUT2D eigenvalue weighted by Crippen LogP contribution is 2.30. The summed E-state index contributed by atoms with van der Waals surface area (Å²) in [5.74, 6) is -1.84. The molecule has 2 rings (SSSR count). The minimum absolute atomic E-state index is 0.350. The summed E-state index contributed by atoms with van der Waals surface area (Å²) in [6, 6.07) is 5.33. The molecule has 0 saturated carbocycles. The predicted molar refractivity (Wildman–Crippen MR) is 71.9 cm³/mol. The molecule has 2 aromatic rings. The molecule has 2 N–H and O–H groups in total. The van der Waals surface area contributed by atoms with E-state index < -0.39 is 22.8 Å². The molecule has 1 aromatic carbocycles. The van der Waals surface area contributed by atoms with Gasteiger partial charge in [0.05, 0.1) is 5.52 Å². The molecule has 0 aliphatic heterocycles. The maximum Gasteiger partial charge on any atom is 0.345 e. The van der Waals surface area contributed by atoms with Gasteiger partial charge in [-0.05, 0) is 25.0 Å². The summed E-state index contributed by atoms with van der Waals surface area (Å²) in [6.45, 7) is 4.03. The Morgan fingerprint density at radius 1 is 1.32 bits per heavy atom. The molecular formula is C14H15NO4. The lowest BCUT2D eigenvalue weighted by Gasteiger charge is -2.14. The first-order valence-electron chi connectivity index (χ1n) is 6.13. The highest BCUT2D eigenvalue weighted by molar-refractivity contribution is 5.99. The van der Waals surface area contributed by atoms with Gasteiger partial charge in [-0.1, -0.05) is 19.1 Å². The van der Waals surface area contributed by atoms with E-state index in [4.69, 9.17) is 5.11 Å². The highest BCUT2D eigenvalue weighted by Gasteiger charge is 2.22. The number of carboxylic acids is 1. The van der Waals surface area contributed by atoms with Gasteiger partial charge in [0.1, 0.15) is 5.75 Å². The molecule has 100 valence electrons. The summed E-state index contributed by atoms with van der Waals surface area (Å²) >= 11 is 0. The van der Waals surface area contributed by atoms with Gasteiger partial charge in [0.15, 0.2) is 5.56 Å². The van der Waals surface area contributed by atoms with Gasteiger partial charge in [0.2, 0.25) is 0 Å². The first-order valence-corrected chi connectivity index (χ1v) is 6.13. The third-order valence-electron chi connectivity index (χ3n) is 3.26. The zero-order valence-corrected chi connectivity index (χ0v) is 10.8. The molecule has 0 amide bonds. The van der Waals surface area contributed by atoms with Crippen molar-refractivity contribution < 1.29 is 15.0 Å². The number of aromatic nitrogens is 1. The lowest BCUT2D eigenvalue weighted by Crippen LogP contribution is -2.26. The number of fused-ring (bicyclic) bond motifs is 1. The molecule has 0 aliphatic carbocycles. The fourth-order valence-corrected chi connectivity index (χ4v) is 2.36. The van der Waals surface area contributed by atoms with Crippen LogP contribution in [-0.4, -0.2) is 20.7 Å². The summed E-state index contributed by atoms with van der Waals surface area (Å²) in [5.41, 5.74) is 0.151. The number of carbonyl (C=O) groups is 1. The summed E-state index contributed by atoms with van der Waals surface area (Å²) in [6.07, 6.45) is 0.645. The van der Waals surface area contributed by atoms with Crippen molar-refractivity contribution >= 4 is 16.9 Å². The molecule has 0 bridgehead atoms. The number of aromatic hydroxyl groups is 1. The van der Waals surface area contributed by atoms with Crippen molar-refractivity contribution in [3.8, 4) is 5.75 Å². The Kier molecular flexibility index (Phi) is 3.29. The molecule has 5 heteroatoms. The fourth-order valence-electron chi connectivity index (χ4n) is 2.36. The van der Waals surface area contributed by atoms with E-state index in [-0.39, 0.29) is 0 Å². The molecule has 0 fully saturated rings. The van der Waals surface area contributed by atoms with E-state index in [1.807, 2.05) is 13.0 Å². The average Bonchev–Trinajstić information content (AvgIpc) is 2.38. The number of hydrogen-bond donors (Lipinski definition) is 2. The van der Waals surface area contributed by atoms with Crippen molar-refractivity contribution in [2.45, 2.75) is 26.8 Å². The molecule has 1 aromatic heterocycles. The van der Waals surface area contributed by atoms with Crippen LogP contribution in [0.4, 0.5) is 0 Å². The van der Waals surface area contributed by atoms with Gasteiger partial charge in [-0.25, -0.2) is 4.79 Å². The van der Waals surface area contributed by atoms with Crippen LogP contribution >= 0.6 is 0 Å². The highest BCUT2D eigenvalue weighted by atomic mass is 16.4.